The highest BCUT2D eigenvalue weighted by atomic mass is 35.5. The molecule has 0 saturated carbocycles. The Morgan fingerprint density at radius 1 is 1.10 bits per heavy atom. The van der Waals surface area contributed by atoms with Gasteiger partial charge < -0.3 is 5.32 Å². The first-order chi connectivity index (χ1) is 9.74. The van der Waals surface area contributed by atoms with E-state index in [9.17, 15) is 4.79 Å². The van der Waals surface area contributed by atoms with Crippen LogP contribution in [0.1, 0.15) is 34.5 Å². The maximum absolute atomic E-state index is 12.2. The van der Waals surface area contributed by atoms with Crippen molar-refractivity contribution in [2.24, 2.45) is 0 Å². The molecule has 0 fully saturated rings. The van der Waals surface area contributed by atoms with Crippen molar-refractivity contribution in [3.05, 3.63) is 71.3 Å². The average molecular weight is 288 g/mol. The second kappa shape index (κ2) is 7.11. The zero-order valence-corrected chi connectivity index (χ0v) is 12.2. The van der Waals surface area contributed by atoms with E-state index in [0.29, 0.717) is 11.4 Å². The number of alkyl halides is 1. The lowest BCUT2D eigenvalue weighted by Crippen LogP contribution is -2.29. The topological polar surface area (TPSA) is 29.1 Å². The molecule has 2 aromatic carbocycles. The molecule has 0 heterocycles. The fourth-order valence-electron chi connectivity index (χ4n) is 2.03. The summed E-state index contributed by atoms with van der Waals surface area (Å²) >= 11 is 5.97. The summed E-state index contributed by atoms with van der Waals surface area (Å²) in [4.78, 5) is 12.2. The van der Waals surface area contributed by atoms with Crippen LogP contribution in [0.25, 0.3) is 0 Å². The van der Waals surface area contributed by atoms with Crippen molar-refractivity contribution < 1.29 is 4.79 Å². The fourth-order valence-corrected chi connectivity index (χ4v) is 2.29. The van der Waals surface area contributed by atoms with Crippen LogP contribution in [0.2, 0.25) is 0 Å². The number of amides is 1. The van der Waals surface area contributed by atoms with Crippen LogP contribution in [0.15, 0.2) is 54.6 Å². The average Bonchev–Trinajstić information content (AvgIpc) is 2.53. The second-order valence-corrected chi connectivity index (χ2v) is 4.95. The van der Waals surface area contributed by atoms with Crippen molar-refractivity contribution in [2.75, 3.05) is 5.88 Å². The Morgan fingerprint density at radius 2 is 1.75 bits per heavy atom. The number of carbonyl (C=O) groups is 1. The van der Waals surface area contributed by atoms with Gasteiger partial charge in [-0.2, -0.15) is 0 Å². The minimum Gasteiger partial charge on any atom is -0.344 e. The lowest BCUT2D eigenvalue weighted by atomic mass is 10.1. The molecule has 0 aliphatic carbocycles. The molecular formula is C17H18ClNO. The molecule has 0 aromatic heterocycles. The van der Waals surface area contributed by atoms with E-state index in [4.69, 9.17) is 11.6 Å². The molecule has 2 nitrogen and oxygen atoms in total. The van der Waals surface area contributed by atoms with Gasteiger partial charge in [0.25, 0.3) is 5.91 Å². The molecule has 104 valence electrons. The van der Waals surface area contributed by atoms with E-state index in [-0.39, 0.29) is 11.9 Å². The quantitative estimate of drug-likeness (QED) is 0.829. The van der Waals surface area contributed by atoms with Crippen LogP contribution >= 0.6 is 11.6 Å². The Kier molecular flexibility index (Phi) is 5.19. The molecule has 0 bridgehead atoms. The largest absolute Gasteiger partial charge is 0.344 e. The number of aryl methyl sites for hydroxylation is 1. The van der Waals surface area contributed by atoms with Crippen molar-refractivity contribution in [2.45, 2.75) is 19.4 Å². The van der Waals surface area contributed by atoms with E-state index < -0.39 is 0 Å². The molecule has 0 radical (unpaired) electrons. The Balaban J connectivity index is 2.09. The number of hydrogen-bond acceptors (Lipinski definition) is 1. The highest BCUT2D eigenvalue weighted by molar-refractivity contribution is 6.18. The molecule has 3 heteroatoms. The SMILES string of the molecule is CCc1ccc(C(=O)NC(CCl)c2ccccc2)cc1. The van der Waals surface area contributed by atoms with Crippen LogP contribution in [0, 0.1) is 0 Å². The van der Waals surface area contributed by atoms with E-state index in [0.717, 1.165) is 12.0 Å². The molecule has 1 atom stereocenters. The third kappa shape index (κ3) is 3.61. The van der Waals surface area contributed by atoms with Crippen LogP contribution in [-0.2, 0) is 6.42 Å². The number of rotatable bonds is 5. The van der Waals surface area contributed by atoms with Gasteiger partial charge in [-0.05, 0) is 29.7 Å². The number of carbonyl (C=O) groups excluding carboxylic acids is 1. The number of hydrogen-bond donors (Lipinski definition) is 1. The van der Waals surface area contributed by atoms with E-state index in [1.165, 1.54) is 5.56 Å². The highest BCUT2D eigenvalue weighted by Crippen LogP contribution is 2.15. The molecule has 0 spiro atoms. The molecule has 0 aliphatic heterocycles. The standard InChI is InChI=1S/C17H18ClNO/c1-2-13-8-10-15(11-9-13)17(20)19-16(12-18)14-6-4-3-5-7-14/h3-11,16H,2,12H2,1H3,(H,19,20). The molecule has 2 aromatic rings. The van der Waals surface area contributed by atoms with Gasteiger partial charge in [-0.25, -0.2) is 0 Å². The van der Waals surface area contributed by atoms with E-state index in [1.54, 1.807) is 0 Å². The van der Waals surface area contributed by atoms with Crippen LogP contribution in [-0.4, -0.2) is 11.8 Å². The van der Waals surface area contributed by atoms with Crippen LogP contribution in [0.4, 0.5) is 0 Å². The lowest BCUT2D eigenvalue weighted by molar-refractivity contribution is 0.0940. The maximum atomic E-state index is 12.2. The van der Waals surface area contributed by atoms with E-state index >= 15 is 0 Å². The van der Waals surface area contributed by atoms with Gasteiger partial charge in [0.1, 0.15) is 0 Å². The lowest BCUT2D eigenvalue weighted by Gasteiger charge is -2.16. The van der Waals surface area contributed by atoms with Crippen molar-refractivity contribution >= 4 is 17.5 Å². The number of benzene rings is 2. The normalized spacial score (nSPS) is 11.9. The molecule has 1 N–H and O–H groups in total. The van der Waals surface area contributed by atoms with Crippen LogP contribution in [0.3, 0.4) is 0 Å². The van der Waals surface area contributed by atoms with Crippen molar-refractivity contribution in [3.63, 3.8) is 0 Å². The highest BCUT2D eigenvalue weighted by Gasteiger charge is 2.14. The summed E-state index contributed by atoms with van der Waals surface area (Å²) in [5.74, 6) is 0.255. The van der Waals surface area contributed by atoms with Crippen LogP contribution in [0.5, 0.6) is 0 Å². The molecule has 20 heavy (non-hydrogen) atoms. The van der Waals surface area contributed by atoms with Crippen molar-refractivity contribution in [1.29, 1.82) is 0 Å². The van der Waals surface area contributed by atoms with Crippen LogP contribution < -0.4 is 5.32 Å². The minimum absolute atomic E-state index is 0.0952. The summed E-state index contributed by atoms with van der Waals surface area (Å²) in [6.45, 7) is 2.09. The van der Waals surface area contributed by atoms with Crippen molar-refractivity contribution in [3.8, 4) is 0 Å². The number of halogens is 1. The predicted octanol–water partition coefficient (Wildman–Crippen LogP) is 3.96. The molecule has 0 aliphatic rings. The fraction of sp³-hybridized carbons (Fsp3) is 0.235. The van der Waals surface area contributed by atoms with E-state index in [2.05, 4.69) is 12.2 Å². The van der Waals surface area contributed by atoms with Gasteiger partial charge in [0.2, 0.25) is 0 Å². The van der Waals surface area contributed by atoms with Gasteiger partial charge in [-0.15, -0.1) is 11.6 Å². The molecule has 0 saturated heterocycles. The summed E-state index contributed by atoms with van der Waals surface area (Å²) in [5, 5.41) is 2.97. The first-order valence-corrected chi connectivity index (χ1v) is 7.28. The first-order valence-electron chi connectivity index (χ1n) is 6.75. The molecule has 1 amide bonds. The predicted molar refractivity (Wildman–Crippen MR) is 83.2 cm³/mol. The molecule has 2 rings (SSSR count). The Morgan fingerprint density at radius 3 is 2.30 bits per heavy atom. The summed E-state index contributed by atoms with van der Waals surface area (Å²) in [6, 6.07) is 17.3. The van der Waals surface area contributed by atoms with Gasteiger partial charge in [0, 0.05) is 11.4 Å². The Hall–Kier alpha value is -1.80. The molecular weight excluding hydrogens is 270 g/mol. The second-order valence-electron chi connectivity index (χ2n) is 4.64. The summed E-state index contributed by atoms with van der Waals surface area (Å²) in [7, 11) is 0. The monoisotopic (exact) mass is 287 g/mol. The zero-order valence-electron chi connectivity index (χ0n) is 11.5. The van der Waals surface area contributed by atoms with E-state index in [1.807, 2.05) is 54.6 Å². The minimum atomic E-state index is -0.170. The van der Waals surface area contributed by atoms with Crippen molar-refractivity contribution in [1.82, 2.24) is 5.32 Å². The number of nitrogens with one attached hydrogen (secondary N) is 1. The van der Waals surface area contributed by atoms with Gasteiger partial charge >= 0.3 is 0 Å². The Labute approximate surface area is 124 Å². The van der Waals surface area contributed by atoms with Gasteiger partial charge in [0.15, 0.2) is 0 Å². The smallest absolute Gasteiger partial charge is 0.251 e. The molecule has 1 unspecified atom stereocenters. The summed E-state index contributed by atoms with van der Waals surface area (Å²) in [5.41, 5.74) is 2.90. The Bertz CT molecular complexity index is 551. The zero-order chi connectivity index (χ0) is 14.4. The third-order valence-corrected chi connectivity index (χ3v) is 3.59. The maximum Gasteiger partial charge on any atom is 0.251 e. The third-order valence-electron chi connectivity index (χ3n) is 3.29. The van der Waals surface area contributed by atoms with Gasteiger partial charge in [0.05, 0.1) is 6.04 Å². The van der Waals surface area contributed by atoms with Gasteiger partial charge in [-0.3, -0.25) is 4.79 Å². The van der Waals surface area contributed by atoms with Gasteiger partial charge in [-0.1, -0.05) is 49.4 Å². The summed E-state index contributed by atoms with van der Waals surface area (Å²) < 4.78 is 0. The first kappa shape index (κ1) is 14.6. The summed E-state index contributed by atoms with van der Waals surface area (Å²) in [6.07, 6.45) is 0.968.